The van der Waals surface area contributed by atoms with Crippen molar-refractivity contribution >= 4 is 22.2 Å². The minimum absolute atomic E-state index is 0.0365. The van der Waals surface area contributed by atoms with Crippen LogP contribution in [0.15, 0.2) is 29.4 Å². The smallest absolute Gasteiger partial charge is 0.236 e. The van der Waals surface area contributed by atoms with E-state index < -0.39 is 28.6 Å². The molecule has 5 atom stereocenters. The molecule has 9 heteroatoms. The molecule has 1 aromatic rings. The number of hydrogen-bond donors (Lipinski definition) is 0. The van der Waals surface area contributed by atoms with Crippen molar-refractivity contribution in [3.05, 3.63) is 40.3 Å². The number of methoxy groups -OCH3 is 1. The van der Waals surface area contributed by atoms with Gasteiger partial charge >= 0.3 is 0 Å². The highest BCUT2D eigenvalue weighted by molar-refractivity contribution is 6.83. The summed E-state index contributed by atoms with van der Waals surface area (Å²) in [6.07, 6.45) is 0.819. The van der Waals surface area contributed by atoms with Crippen LogP contribution in [-0.4, -0.2) is 48.0 Å². The number of ketones is 1. The second kappa shape index (κ2) is 17.7. The lowest BCUT2D eigenvalue weighted by Gasteiger charge is -2.41. The molecule has 0 saturated heterocycles. The normalized spacial score (nSPS) is 15.3. The van der Waals surface area contributed by atoms with E-state index in [1.54, 1.807) is 7.11 Å². The molecule has 0 bridgehead atoms. The SMILES string of the molecule is COc1ccc(CO[C@@H](C(=O)C#C[C@@H](C)C[C@@H](C)CN=[N+]=[N-])[C@@H](C[C@H](C)CC#C[Si](C)(C)C)O[Si](C)(C)C(C)(C)C)cc1. The van der Waals surface area contributed by atoms with Crippen LogP contribution in [0.25, 0.3) is 10.4 Å². The Morgan fingerprint density at radius 1 is 1.02 bits per heavy atom. The summed E-state index contributed by atoms with van der Waals surface area (Å²) in [6, 6.07) is 7.66. The molecule has 0 radical (unpaired) electrons. The lowest BCUT2D eigenvalue weighted by molar-refractivity contribution is -0.133. The molecule has 0 spiro atoms. The molecule has 0 amide bonds. The Labute approximate surface area is 263 Å². The molecule has 238 valence electrons. The van der Waals surface area contributed by atoms with E-state index in [-0.39, 0.29) is 35.2 Å². The summed E-state index contributed by atoms with van der Waals surface area (Å²) in [5.74, 6) is 10.3. The third-order valence-electron chi connectivity index (χ3n) is 7.64. The van der Waals surface area contributed by atoms with Gasteiger partial charge in [0, 0.05) is 23.8 Å². The lowest BCUT2D eigenvalue weighted by Crippen LogP contribution is -2.50. The molecule has 0 N–H and O–H groups in total. The number of azide groups is 1. The third-order valence-corrected chi connectivity index (χ3v) is 13.1. The highest BCUT2D eigenvalue weighted by Crippen LogP contribution is 2.39. The largest absolute Gasteiger partial charge is 0.497 e. The molecule has 0 aliphatic rings. The Kier molecular flexibility index (Phi) is 15.8. The van der Waals surface area contributed by atoms with Gasteiger partial charge in [0.05, 0.1) is 19.8 Å². The van der Waals surface area contributed by atoms with E-state index >= 15 is 0 Å². The molecule has 43 heavy (non-hydrogen) atoms. The van der Waals surface area contributed by atoms with E-state index in [0.717, 1.165) is 24.2 Å². The summed E-state index contributed by atoms with van der Waals surface area (Å²) in [7, 11) is -2.12. The first-order chi connectivity index (χ1) is 19.9. The summed E-state index contributed by atoms with van der Waals surface area (Å²) < 4.78 is 18.7. The van der Waals surface area contributed by atoms with Crippen molar-refractivity contribution in [2.45, 2.75) is 117 Å². The minimum atomic E-state index is -2.27. The highest BCUT2D eigenvalue weighted by atomic mass is 28.4. The first-order valence-electron chi connectivity index (χ1n) is 15.4. The average molecular weight is 626 g/mol. The molecule has 0 heterocycles. The van der Waals surface area contributed by atoms with Crippen LogP contribution in [0.4, 0.5) is 0 Å². The fourth-order valence-electron chi connectivity index (χ4n) is 4.20. The van der Waals surface area contributed by atoms with Crippen LogP contribution in [0.5, 0.6) is 5.75 Å². The van der Waals surface area contributed by atoms with Crippen LogP contribution in [0.3, 0.4) is 0 Å². The van der Waals surface area contributed by atoms with E-state index in [1.807, 2.05) is 38.1 Å². The van der Waals surface area contributed by atoms with Gasteiger partial charge in [-0.2, -0.15) is 0 Å². The van der Waals surface area contributed by atoms with Gasteiger partial charge in [-0.1, -0.05) is 84.4 Å². The lowest BCUT2D eigenvalue weighted by atomic mass is 9.95. The van der Waals surface area contributed by atoms with Crippen LogP contribution in [0.1, 0.15) is 66.4 Å². The van der Waals surface area contributed by atoms with Crippen LogP contribution in [0.2, 0.25) is 37.8 Å². The summed E-state index contributed by atoms with van der Waals surface area (Å²) in [5.41, 5.74) is 13.0. The minimum Gasteiger partial charge on any atom is -0.497 e. The molecule has 0 saturated carbocycles. The first-order valence-corrected chi connectivity index (χ1v) is 21.8. The van der Waals surface area contributed by atoms with Crippen molar-refractivity contribution < 1.29 is 18.7 Å². The third kappa shape index (κ3) is 15.2. The standard InChI is InChI=1S/C34H55N3O4Si2/c1-26(14-13-21-42(8,9)10)23-32(41-43(11,12)34(4,5)6)33(40-25-29-16-18-30(39-7)19-17-29)31(38)20-15-27(2)22-28(3)24-36-37-35/h16-19,26-28,32-33H,14,22-25H2,1-12H3/t26-,27-,28-,32-,33+/m1/s1. The Morgan fingerprint density at radius 2 is 1.65 bits per heavy atom. The molecule has 0 aromatic heterocycles. The molecule has 0 unspecified atom stereocenters. The van der Waals surface area contributed by atoms with Crippen LogP contribution >= 0.6 is 0 Å². The van der Waals surface area contributed by atoms with Crippen molar-refractivity contribution in [1.29, 1.82) is 0 Å². The van der Waals surface area contributed by atoms with E-state index in [1.165, 1.54) is 0 Å². The Bertz CT molecular complexity index is 1190. The second-order valence-electron chi connectivity index (χ2n) is 14.4. The fraction of sp³-hybridized carbons (Fsp3) is 0.676. The van der Waals surface area contributed by atoms with E-state index in [2.05, 4.69) is 93.8 Å². The predicted octanol–water partition coefficient (Wildman–Crippen LogP) is 8.81. The van der Waals surface area contributed by atoms with Gasteiger partial charge < -0.3 is 13.9 Å². The average Bonchev–Trinajstić information content (AvgIpc) is 2.89. The van der Waals surface area contributed by atoms with Crippen LogP contribution in [0, 0.1) is 41.1 Å². The van der Waals surface area contributed by atoms with Gasteiger partial charge in [-0.25, -0.2) is 0 Å². The topological polar surface area (TPSA) is 93.5 Å². The maximum absolute atomic E-state index is 13.9. The number of rotatable bonds is 15. The monoisotopic (exact) mass is 625 g/mol. The highest BCUT2D eigenvalue weighted by Gasteiger charge is 2.42. The first kappa shape index (κ1) is 38.5. The number of Topliss-reactive ketones (excluding diaryl/α,β-unsaturated/α-hetero) is 1. The molecular formula is C34H55N3O4Si2. The number of carbonyl (C=O) groups is 1. The Morgan fingerprint density at radius 3 is 2.19 bits per heavy atom. The van der Waals surface area contributed by atoms with Gasteiger partial charge in [0.25, 0.3) is 0 Å². The van der Waals surface area contributed by atoms with Gasteiger partial charge in [-0.3, -0.25) is 4.79 Å². The zero-order chi connectivity index (χ0) is 32.8. The molecule has 1 rings (SSSR count). The molecular weight excluding hydrogens is 571 g/mol. The fourth-order valence-corrected chi connectivity index (χ4v) is 6.16. The van der Waals surface area contributed by atoms with E-state index in [0.29, 0.717) is 13.0 Å². The molecule has 0 aliphatic carbocycles. The summed E-state index contributed by atoms with van der Waals surface area (Å²) in [4.78, 5) is 16.7. The quantitative estimate of drug-likeness (QED) is 0.0486. The van der Waals surface area contributed by atoms with Crippen molar-refractivity contribution in [1.82, 2.24) is 0 Å². The Balaban J connectivity index is 3.41. The molecule has 0 fully saturated rings. The number of benzene rings is 1. The Hall–Kier alpha value is -2.53. The number of carbonyl (C=O) groups excluding carboxylic acids is 1. The molecule has 7 nitrogen and oxygen atoms in total. The van der Waals surface area contributed by atoms with Gasteiger partial charge in [0.1, 0.15) is 13.8 Å². The summed E-state index contributed by atoms with van der Waals surface area (Å²) in [5, 5.41) is 3.63. The summed E-state index contributed by atoms with van der Waals surface area (Å²) >= 11 is 0. The summed E-state index contributed by atoms with van der Waals surface area (Å²) in [6.45, 7) is 24.6. The zero-order valence-corrected chi connectivity index (χ0v) is 30.7. The number of ether oxygens (including phenoxy) is 2. The van der Waals surface area contributed by atoms with E-state index in [4.69, 9.17) is 19.4 Å². The predicted molar refractivity (Wildman–Crippen MR) is 183 cm³/mol. The maximum atomic E-state index is 13.9. The molecule has 0 aliphatic heterocycles. The van der Waals surface area contributed by atoms with Crippen molar-refractivity contribution in [3.8, 4) is 29.1 Å². The van der Waals surface area contributed by atoms with Gasteiger partial charge in [0.15, 0.2) is 14.4 Å². The van der Waals surface area contributed by atoms with Crippen LogP contribution in [-0.2, 0) is 20.6 Å². The van der Waals surface area contributed by atoms with Crippen LogP contribution < -0.4 is 4.74 Å². The van der Waals surface area contributed by atoms with Crippen molar-refractivity contribution in [2.24, 2.45) is 22.9 Å². The number of hydrogen-bond acceptors (Lipinski definition) is 5. The number of nitrogens with zero attached hydrogens (tertiary/aromatic N) is 3. The molecule has 1 aromatic carbocycles. The zero-order valence-electron chi connectivity index (χ0n) is 28.7. The van der Waals surface area contributed by atoms with Crippen molar-refractivity contribution in [2.75, 3.05) is 13.7 Å². The van der Waals surface area contributed by atoms with Gasteiger partial charge in [-0.15, -0.1) is 11.5 Å². The van der Waals surface area contributed by atoms with Gasteiger partial charge in [-0.05, 0) is 72.0 Å². The maximum Gasteiger partial charge on any atom is 0.236 e. The van der Waals surface area contributed by atoms with E-state index in [9.17, 15) is 4.79 Å². The van der Waals surface area contributed by atoms with Crippen molar-refractivity contribution in [3.63, 3.8) is 0 Å². The second-order valence-corrected chi connectivity index (χ2v) is 23.9. The van der Waals surface area contributed by atoms with Gasteiger partial charge in [0.2, 0.25) is 5.78 Å².